The summed E-state index contributed by atoms with van der Waals surface area (Å²) in [6.07, 6.45) is 6.66. The Morgan fingerprint density at radius 2 is 2.07 bits per heavy atom. The van der Waals surface area contributed by atoms with Crippen molar-refractivity contribution < 1.29 is 0 Å². The Bertz CT molecular complexity index is 1120. The summed E-state index contributed by atoms with van der Waals surface area (Å²) in [6.45, 7) is 3.77. The first-order valence-electron chi connectivity index (χ1n) is 9.43. The van der Waals surface area contributed by atoms with E-state index in [1.54, 1.807) is 0 Å². The molecule has 0 radical (unpaired) electrons. The number of anilines is 1. The Labute approximate surface area is 162 Å². The van der Waals surface area contributed by atoms with Gasteiger partial charge in [0.1, 0.15) is 16.7 Å². The summed E-state index contributed by atoms with van der Waals surface area (Å²) in [5.74, 6) is 2.06. The third kappa shape index (κ3) is 2.84. The van der Waals surface area contributed by atoms with E-state index in [1.165, 1.54) is 18.7 Å². The first-order chi connectivity index (χ1) is 13.2. The Kier molecular flexibility index (Phi) is 4.01. The zero-order valence-corrected chi connectivity index (χ0v) is 16.0. The minimum absolute atomic E-state index is 0.602. The number of nitrogens with zero attached hydrogens (tertiary/aromatic N) is 5. The molecule has 27 heavy (non-hydrogen) atoms. The molecule has 0 spiro atoms. The number of aromatic nitrogens is 5. The van der Waals surface area contributed by atoms with Gasteiger partial charge in [-0.15, -0.1) is 0 Å². The van der Waals surface area contributed by atoms with Crippen LogP contribution in [0, 0.1) is 6.92 Å². The summed E-state index contributed by atoms with van der Waals surface area (Å²) in [5, 5.41) is 9.65. The second kappa shape index (κ2) is 6.53. The number of hydrogen-bond acceptors (Lipinski definition) is 4. The summed E-state index contributed by atoms with van der Waals surface area (Å²) in [7, 11) is 0. The van der Waals surface area contributed by atoms with Crippen molar-refractivity contribution in [1.29, 1.82) is 0 Å². The quantitative estimate of drug-likeness (QED) is 0.580. The van der Waals surface area contributed by atoms with Crippen molar-refractivity contribution in [2.45, 2.75) is 39.2 Å². The topological polar surface area (TPSA) is 60.0 Å². The van der Waals surface area contributed by atoms with Crippen molar-refractivity contribution >= 4 is 34.0 Å². The van der Waals surface area contributed by atoms with Gasteiger partial charge in [-0.1, -0.05) is 23.7 Å². The van der Waals surface area contributed by atoms with Crippen molar-refractivity contribution in [2.75, 3.05) is 11.9 Å². The van der Waals surface area contributed by atoms with E-state index in [0.717, 1.165) is 54.0 Å². The van der Waals surface area contributed by atoms with Gasteiger partial charge < -0.3 is 9.88 Å². The van der Waals surface area contributed by atoms with Gasteiger partial charge in [0.05, 0.1) is 16.9 Å². The Morgan fingerprint density at radius 3 is 2.96 bits per heavy atom. The molecule has 0 unspecified atom stereocenters. The van der Waals surface area contributed by atoms with Crippen LogP contribution in [0.15, 0.2) is 30.5 Å². The Balaban J connectivity index is 1.43. The molecule has 0 amide bonds. The summed E-state index contributed by atoms with van der Waals surface area (Å²) in [6, 6.07) is 8.13. The van der Waals surface area contributed by atoms with E-state index in [0.29, 0.717) is 10.7 Å². The number of nitrogens with one attached hydrogen (secondary N) is 1. The standard InChI is InChI=1S/C20H21ClN6/c1-13-18(21)20-24-19(15-6-2-3-7-16(15)27(20)25-13)22-10-9-14-12-26-11-5-4-8-17(26)23-14/h2-3,6-7,12H,4-5,8-11H2,1H3,(H,22,24). The predicted octanol–water partition coefficient (Wildman–Crippen LogP) is 4.03. The SMILES string of the molecule is Cc1nn2c(nc(NCCc3cn4c(n3)CCCC4)c3ccccc32)c1Cl. The van der Waals surface area contributed by atoms with Crippen LogP contribution in [0.5, 0.6) is 0 Å². The van der Waals surface area contributed by atoms with Crippen LogP contribution in [0.4, 0.5) is 5.82 Å². The summed E-state index contributed by atoms with van der Waals surface area (Å²) >= 11 is 6.42. The number of para-hydroxylation sites is 1. The fourth-order valence-electron chi connectivity index (χ4n) is 3.82. The molecule has 4 aromatic rings. The number of aryl methyl sites for hydroxylation is 3. The molecule has 0 atom stereocenters. The molecule has 0 aliphatic carbocycles. The lowest BCUT2D eigenvalue weighted by molar-refractivity contribution is 0.522. The highest BCUT2D eigenvalue weighted by Gasteiger charge is 2.15. The van der Waals surface area contributed by atoms with Gasteiger partial charge in [0.25, 0.3) is 0 Å². The van der Waals surface area contributed by atoms with Crippen molar-refractivity contribution in [3.05, 3.63) is 52.7 Å². The van der Waals surface area contributed by atoms with Gasteiger partial charge in [-0.2, -0.15) is 5.10 Å². The smallest absolute Gasteiger partial charge is 0.176 e. The lowest BCUT2D eigenvalue weighted by atomic mass is 10.2. The summed E-state index contributed by atoms with van der Waals surface area (Å²) < 4.78 is 4.12. The normalized spacial score (nSPS) is 14.0. The van der Waals surface area contributed by atoms with Gasteiger partial charge >= 0.3 is 0 Å². The first kappa shape index (κ1) is 16.6. The number of hydrogen-bond donors (Lipinski definition) is 1. The van der Waals surface area contributed by atoms with Crippen LogP contribution < -0.4 is 5.32 Å². The number of fused-ring (bicyclic) bond motifs is 4. The summed E-state index contributed by atoms with van der Waals surface area (Å²) in [4.78, 5) is 9.53. The molecule has 0 saturated carbocycles. The fourth-order valence-corrected chi connectivity index (χ4v) is 3.98. The molecular weight excluding hydrogens is 360 g/mol. The van der Waals surface area contributed by atoms with Crippen molar-refractivity contribution in [3.63, 3.8) is 0 Å². The number of halogens is 1. The van der Waals surface area contributed by atoms with E-state index < -0.39 is 0 Å². The largest absolute Gasteiger partial charge is 0.369 e. The highest BCUT2D eigenvalue weighted by atomic mass is 35.5. The molecule has 1 aromatic carbocycles. The van der Waals surface area contributed by atoms with Gasteiger partial charge in [-0.05, 0) is 31.9 Å². The van der Waals surface area contributed by atoms with Gasteiger partial charge in [-0.3, -0.25) is 0 Å². The van der Waals surface area contributed by atoms with Crippen molar-refractivity contribution in [2.24, 2.45) is 0 Å². The molecule has 3 aromatic heterocycles. The molecular formula is C20H21ClN6. The van der Waals surface area contributed by atoms with Crippen LogP contribution in [-0.2, 0) is 19.4 Å². The zero-order valence-electron chi connectivity index (χ0n) is 15.2. The van der Waals surface area contributed by atoms with Gasteiger partial charge in [0.15, 0.2) is 5.65 Å². The van der Waals surface area contributed by atoms with Gasteiger partial charge in [-0.25, -0.2) is 14.5 Å². The average molecular weight is 381 g/mol. The van der Waals surface area contributed by atoms with E-state index in [2.05, 4.69) is 27.2 Å². The van der Waals surface area contributed by atoms with Crippen molar-refractivity contribution in [1.82, 2.24) is 24.1 Å². The van der Waals surface area contributed by atoms with E-state index in [4.69, 9.17) is 21.6 Å². The molecule has 1 aliphatic heterocycles. The van der Waals surface area contributed by atoms with Crippen LogP contribution in [-0.4, -0.2) is 30.7 Å². The molecule has 138 valence electrons. The van der Waals surface area contributed by atoms with Crippen LogP contribution in [0.25, 0.3) is 16.6 Å². The number of benzene rings is 1. The van der Waals surface area contributed by atoms with Crippen LogP contribution >= 0.6 is 11.6 Å². The zero-order chi connectivity index (χ0) is 18.4. The van der Waals surface area contributed by atoms with Crippen molar-refractivity contribution in [3.8, 4) is 0 Å². The number of imidazole rings is 1. The van der Waals surface area contributed by atoms with Gasteiger partial charge in [0, 0.05) is 37.5 Å². The number of rotatable bonds is 4. The molecule has 1 aliphatic rings. The van der Waals surface area contributed by atoms with Crippen LogP contribution in [0.1, 0.15) is 30.1 Å². The maximum atomic E-state index is 6.42. The molecule has 0 bridgehead atoms. The molecule has 7 heteroatoms. The summed E-state index contributed by atoms with van der Waals surface area (Å²) in [5.41, 5.74) is 3.61. The third-order valence-electron chi connectivity index (χ3n) is 5.20. The molecule has 4 heterocycles. The van der Waals surface area contributed by atoms with E-state index >= 15 is 0 Å². The maximum Gasteiger partial charge on any atom is 0.176 e. The van der Waals surface area contributed by atoms with Gasteiger partial charge in [0.2, 0.25) is 0 Å². The van der Waals surface area contributed by atoms with E-state index in [-0.39, 0.29) is 0 Å². The van der Waals surface area contributed by atoms with E-state index in [9.17, 15) is 0 Å². The lowest BCUT2D eigenvalue weighted by Crippen LogP contribution is -2.09. The highest BCUT2D eigenvalue weighted by molar-refractivity contribution is 6.34. The predicted molar refractivity (Wildman–Crippen MR) is 108 cm³/mol. The Hall–Kier alpha value is -2.60. The van der Waals surface area contributed by atoms with E-state index in [1.807, 2.05) is 29.6 Å². The molecule has 0 saturated heterocycles. The van der Waals surface area contributed by atoms with Crippen LogP contribution in [0.2, 0.25) is 5.02 Å². The molecule has 0 fully saturated rings. The molecule has 1 N–H and O–H groups in total. The average Bonchev–Trinajstić information content (AvgIpc) is 3.23. The minimum atomic E-state index is 0.602. The first-order valence-corrected chi connectivity index (χ1v) is 9.81. The second-order valence-electron chi connectivity index (χ2n) is 7.09. The Morgan fingerprint density at radius 1 is 1.19 bits per heavy atom. The lowest BCUT2D eigenvalue weighted by Gasteiger charge is -2.11. The monoisotopic (exact) mass is 380 g/mol. The molecule has 6 nitrogen and oxygen atoms in total. The third-order valence-corrected chi connectivity index (χ3v) is 5.64. The highest BCUT2D eigenvalue weighted by Crippen LogP contribution is 2.28. The second-order valence-corrected chi connectivity index (χ2v) is 7.47. The minimum Gasteiger partial charge on any atom is -0.369 e. The molecule has 5 rings (SSSR count). The van der Waals surface area contributed by atoms with Crippen LogP contribution in [0.3, 0.4) is 0 Å². The fraction of sp³-hybridized carbons (Fsp3) is 0.350. The maximum absolute atomic E-state index is 6.42.